The summed E-state index contributed by atoms with van der Waals surface area (Å²) in [7, 11) is 0. The SMILES string of the molecule is Cc1cc(C)cc(N(c2ccc(C3CCCCC3)cc2)c2cc(C3CCCCC3)c3cc(N(c4ccc(C5CCCCC5CC(C)c5ccc(N(c6ccc(C(C)C)cc6)c6cc(C7CCCCC7)c7cc(N(c8ccc(C(C)C)cc8)c8ccc(C(C)C)cc8)cc(C8CCCCC8)c7c6)cc5)cc4)c4cc(C)cc(C)c4)cc(C4CCCCC4)c3c2)c1. The van der Waals surface area contributed by atoms with Gasteiger partial charge in [0, 0.05) is 68.2 Å². The van der Waals surface area contributed by atoms with Gasteiger partial charge in [-0.05, 0) is 421 Å². The molecule has 6 aliphatic carbocycles. The minimum atomic E-state index is 0.401. The van der Waals surface area contributed by atoms with Crippen molar-refractivity contribution in [1.29, 1.82) is 0 Å². The molecule has 12 aromatic carbocycles. The lowest BCUT2D eigenvalue weighted by Gasteiger charge is -2.35. The van der Waals surface area contributed by atoms with Gasteiger partial charge in [-0.15, -0.1) is 0 Å². The summed E-state index contributed by atoms with van der Waals surface area (Å²) in [5.41, 5.74) is 35.1. The number of benzene rings is 12. The van der Waals surface area contributed by atoms with E-state index < -0.39 is 0 Å². The van der Waals surface area contributed by atoms with E-state index in [2.05, 4.69) is 326 Å². The molecule has 642 valence electrons. The van der Waals surface area contributed by atoms with E-state index in [1.54, 1.807) is 11.1 Å². The molecule has 18 rings (SSSR count). The predicted molar refractivity (Wildman–Crippen MR) is 535 cm³/mol. The van der Waals surface area contributed by atoms with E-state index in [9.17, 15) is 0 Å². The molecule has 0 aromatic heterocycles. The van der Waals surface area contributed by atoms with Gasteiger partial charge in [-0.3, -0.25) is 0 Å². The van der Waals surface area contributed by atoms with E-state index in [0.29, 0.717) is 65.1 Å². The first-order valence-electron chi connectivity index (χ1n) is 49.7. The second-order valence-electron chi connectivity index (χ2n) is 40.8. The van der Waals surface area contributed by atoms with Gasteiger partial charge in [-0.1, -0.05) is 243 Å². The molecule has 3 unspecified atom stereocenters. The lowest BCUT2D eigenvalue weighted by molar-refractivity contribution is 0.277. The van der Waals surface area contributed by atoms with Crippen LogP contribution in [0.15, 0.2) is 231 Å². The van der Waals surface area contributed by atoms with Crippen LogP contribution in [0.2, 0.25) is 0 Å². The average Bonchev–Trinajstić information content (AvgIpc) is 0.743. The van der Waals surface area contributed by atoms with E-state index in [4.69, 9.17) is 0 Å². The van der Waals surface area contributed by atoms with Gasteiger partial charge in [0.15, 0.2) is 0 Å². The smallest absolute Gasteiger partial charge is 0.0470 e. The number of aryl methyl sites for hydroxylation is 4. The van der Waals surface area contributed by atoms with Crippen LogP contribution in [0.3, 0.4) is 0 Å². The predicted octanol–water partition coefficient (Wildman–Crippen LogP) is 37.2. The number of nitrogens with zero attached hydrogens (tertiary/aromatic N) is 4. The summed E-state index contributed by atoms with van der Waals surface area (Å²) in [6.07, 6.45) is 38.5. The molecule has 0 aliphatic heterocycles. The Morgan fingerprint density at radius 1 is 0.218 bits per heavy atom. The molecule has 4 heteroatoms. The van der Waals surface area contributed by atoms with Crippen LogP contribution in [-0.2, 0) is 0 Å². The van der Waals surface area contributed by atoms with E-state index in [-0.39, 0.29) is 0 Å². The van der Waals surface area contributed by atoms with Crippen molar-refractivity contribution in [3.8, 4) is 0 Å². The van der Waals surface area contributed by atoms with Gasteiger partial charge < -0.3 is 19.6 Å². The molecule has 12 aromatic rings. The number of hydrogen-bond acceptors (Lipinski definition) is 4. The van der Waals surface area contributed by atoms with Crippen molar-refractivity contribution in [2.75, 3.05) is 19.6 Å². The fourth-order valence-electron chi connectivity index (χ4n) is 24.1. The van der Waals surface area contributed by atoms with Crippen molar-refractivity contribution in [3.63, 3.8) is 0 Å². The van der Waals surface area contributed by atoms with Crippen LogP contribution in [0.4, 0.5) is 68.2 Å². The fourth-order valence-corrected chi connectivity index (χ4v) is 24.1. The van der Waals surface area contributed by atoms with Gasteiger partial charge in [0.2, 0.25) is 0 Å². The Bertz CT molecular complexity index is 5510. The van der Waals surface area contributed by atoms with E-state index in [1.807, 2.05) is 0 Å². The largest absolute Gasteiger partial charge is 0.310 e. The zero-order valence-electron chi connectivity index (χ0n) is 77.3. The first-order chi connectivity index (χ1) is 60.5. The number of fused-ring (bicyclic) bond motifs is 2. The first kappa shape index (κ1) is 85.2. The molecule has 124 heavy (non-hydrogen) atoms. The zero-order valence-corrected chi connectivity index (χ0v) is 77.3. The number of anilines is 12. The van der Waals surface area contributed by atoms with Gasteiger partial charge in [0.1, 0.15) is 0 Å². The normalized spacial score (nSPS) is 18.4. The zero-order chi connectivity index (χ0) is 85.1. The van der Waals surface area contributed by atoms with Gasteiger partial charge in [-0.25, -0.2) is 0 Å². The molecule has 0 radical (unpaired) electrons. The molecule has 0 saturated heterocycles. The molecular formula is C120H142N4. The molecule has 6 saturated carbocycles. The topological polar surface area (TPSA) is 13.0 Å². The second-order valence-corrected chi connectivity index (χ2v) is 40.8. The highest BCUT2D eigenvalue weighted by Crippen LogP contribution is 2.54. The maximum Gasteiger partial charge on any atom is 0.0470 e. The number of rotatable bonds is 24. The third kappa shape index (κ3) is 18.6. The maximum absolute atomic E-state index is 2.69. The Morgan fingerprint density at radius 2 is 0.452 bits per heavy atom. The van der Waals surface area contributed by atoms with Gasteiger partial charge in [0.25, 0.3) is 0 Å². The molecule has 0 spiro atoms. The summed E-state index contributed by atoms with van der Waals surface area (Å²) >= 11 is 0. The van der Waals surface area contributed by atoms with Gasteiger partial charge >= 0.3 is 0 Å². The van der Waals surface area contributed by atoms with Crippen molar-refractivity contribution < 1.29 is 0 Å². The lowest BCUT2D eigenvalue weighted by atomic mass is 9.71. The average molecular weight is 1640 g/mol. The molecular weight excluding hydrogens is 1500 g/mol. The van der Waals surface area contributed by atoms with Crippen LogP contribution in [0.25, 0.3) is 21.5 Å². The van der Waals surface area contributed by atoms with Crippen LogP contribution in [0.1, 0.15) is 378 Å². The third-order valence-electron chi connectivity index (χ3n) is 30.9. The quantitative estimate of drug-likeness (QED) is 0.0598. The summed E-state index contributed by atoms with van der Waals surface area (Å²) in [6, 6.07) is 94.6. The summed E-state index contributed by atoms with van der Waals surface area (Å²) in [5.74, 6) is 5.50. The summed E-state index contributed by atoms with van der Waals surface area (Å²) in [6.45, 7) is 25.6. The molecule has 0 N–H and O–H groups in total. The van der Waals surface area contributed by atoms with Crippen molar-refractivity contribution in [3.05, 3.63) is 308 Å². The first-order valence-corrected chi connectivity index (χ1v) is 49.7. The highest BCUT2D eigenvalue weighted by molar-refractivity contribution is 6.01. The molecule has 4 nitrogen and oxygen atoms in total. The molecule has 0 bridgehead atoms. The Hall–Kier alpha value is -9.64. The van der Waals surface area contributed by atoms with Crippen molar-refractivity contribution in [1.82, 2.24) is 0 Å². The summed E-state index contributed by atoms with van der Waals surface area (Å²) in [4.78, 5) is 10.5. The van der Waals surface area contributed by atoms with E-state index >= 15 is 0 Å². The van der Waals surface area contributed by atoms with Crippen molar-refractivity contribution in [2.24, 2.45) is 5.92 Å². The second kappa shape index (κ2) is 38.3. The highest BCUT2D eigenvalue weighted by Gasteiger charge is 2.34. The van der Waals surface area contributed by atoms with Crippen LogP contribution in [-0.4, -0.2) is 0 Å². The van der Waals surface area contributed by atoms with Crippen molar-refractivity contribution >= 4 is 89.8 Å². The highest BCUT2D eigenvalue weighted by atomic mass is 15.2. The van der Waals surface area contributed by atoms with Gasteiger partial charge in [-0.2, -0.15) is 0 Å². The monoisotopic (exact) mass is 1640 g/mol. The summed E-state index contributed by atoms with van der Waals surface area (Å²) in [5, 5.41) is 5.85. The Morgan fingerprint density at radius 3 is 0.742 bits per heavy atom. The van der Waals surface area contributed by atoms with Crippen LogP contribution >= 0.6 is 0 Å². The summed E-state index contributed by atoms with van der Waals surface area (Å²) < 4.78 is 0. The molecule has 6 aliphatic rings. The van der Waals surface area contributed by atoms with Gasteiger partial charge in [0.05, 0.1) is 0 Å². The standard InChI is InChI=1S/C120H142N4/c1-80(2)88-41-53-100(54-42-88)121(101-55-43-89(44-56-101)81(3)4)108-72-113(94-31-19-13-20-32-94)118-77-109(73-114(117(118)76-108)95-33-21-14-22-34-95)122(102-57-45-90(46-58-102)82(5)6)103-59-47-91(48-60-103)87(11)71-99-39-27-28-40-112(99)98-51-63-105(64-52-98)124(107-69-85(9)66-86(10)70-107)111-75-116(97-37-25-16-26-38-97)119-78-110(74-115(120(119)79-111)96-35-23-15-24-36-96)123(106-67-83(7)65-84(8)68-106)104-61-49-93(50-62-104)92-29-17-12-18-30-92/h41-70,72-82,87,92,94-97,99,112H,12-40,71H2,1-11H3. The van der Waals surface area contributed by atoms with E-state index in [1.165, 1.54) is 349 Å². The van der Waals surface area contributed by atoms with E-state index in [0.717, 1.165) is 0 Å². The minimum absolute atomic E-state index is 0.401. The minimum Gasteiger partial charge on any atom is -0.310 e. The maximum atomic E-state index is 2.69. The Kier molecular flexibility index (Phi) is 26.3. The fraction of sp³-hybridized carbons (Fsp3) is 0.433. The van der Waals surface area contributed by atoms with Crippen LogP contribution in [0.5, 0.6) is 0 Å². The molecule has 0 amide bonds. The molecule has 0 heterocycles. The molecule has 3 atom stereocenters. The third-order valence-corrected chi connectivity index (χ3v) is 30.9. The van der Waals surface area contributed by atoms with Crippen LogP contribution in [0, 0.1) is 33.6 Å². The molecule has 6 fully saturated rings. The Labute approximate surface area is 746 Å². The van der Waals surface area contributed by atoms with Crippen LogP contribution < -0.4 is 19.6 Å². The van der Waals surface area contributed by atoms with Crippen molar-refractivity contribution in [2.45, 2.75) is 328 Å². The lowest BCUT2D eigenvalue weighted by Crippen LogP contribution is -2.20. The Balaban J connectivity index is 0.688. The number of hydrogen-bond donors (Lipinski definition) is 0.